The van der Waals surface area contributed by atoms with Crippen molar-refractivity contribution in [1.29, 1.82) is 0 Å². The van der Waals surface area contributed by atoms with Crippen LogP contribution >= 0.6 is 0 Å². The zero-order chi connectivity index (χ0) is 19.9. The molecule has 0 heterocycles. The van der Waals surface area contributed by atoms with Gasteiger partial charge in [0.05, 0.1) is 40.2 Å². The molecule has 27 heavy (non-hydrogen) atoms. The second-order valence-corrected chi connectivity index (χ2v) is 7.44. The third-order valence-corrected chi connectivity index (χ3v) is 3.77. The summed E-state index contributed by atoms with van der Waals surface area (Å²) in [6, 6.07) is 16.2. The van der Waals surface area contributed by atoms with Gasteiger partial charge in [0.25, 0.3) is 5.91 Å². The SMILES string of the molecule is C[N+](C)(C)C[C@@H](CC(=O)O)NC(=O)c1cccc(C#Cc2ccccc2)c1. The molecule has 0 spiro atoms. The Hall–Kier alpha value is -3.10. The van der Waals surface area contributed by atoms with E-state index in [2.05, 4.69) is 17.2 Å². The highest BCUT2D eigenvalue weighted by Gasteiger charge is 2.23. The summed E-state index contributed by atoms with van der Waals surface area (Å²) < 4.78 is 0.556. The Bertz CT molecular complexity index is 858. The number of aliphatic carboxylic acids is 1. The number of quaternary nitrogens is 1. The minimum absolute atomic E-state index is 0.116. The smallest absolute Gasteiger partial charge is 0.305 e. The van der Waals surface area contributed by atoms with Gasteiger partial charge in [-0.15, -0.1) is 0 Å². The molecule has 0 aliphatic carbocycles. The maximum Gasteiger partial charge on any atom is 0.305 e. The third-order valence-electron chi connectivity index (χ3n) is 3.77. The molecule has 2 rings (SSSR count). The van der Waals surface area contributed by atoms with Crippen molar-refractivity contribution in [2.75, 3.05) is 27.7 Å². The number of carbonyl (C=O) groups is 2. The molecule has 2 aromatic carbocycles. The van der Waals surface area contributed by atoms with Crippen LogP contribution in [0.25, 0.3) is 0 Å². The van der Waals surface area contributed by atoms with Crippen LogP contribution in [0.5, 0.6) is 0 Å². The second kappa shape index (κ2) is 9.02. The van der Waals surface area contributed by atoms with Crippen molar-refractivity contribution >= 4 is 11.9 Å². The number of likely N-dealkylation sites (N-methyl/N-ethyl adjacent to an activating group) is 1. The van der Waals surface area contributed by atoms with Crippen molar-refractivity contribution < 1.29 is 19.2 Å². The molecule has 0 fully saturated rings. The van der Waals surface area contributed by atoms with Crippen LogP contribution in [0, 0.1) is 11.8 Å². The Kier molecular flexibility index (Phi) is 6.75. The predicted molar refractivity (Wildman–Crippen MR) is 105 cm³/mol. The van der Waals surface area contributed by atoms with Crippen LogP contribution in [-0.4, -0.2) is 55.2 Å². The summed E-state index contributed by atoms with van der Waals surface area (Å²) in [6.07, 6.45) is -0.116. The Labute approximate surface area is 160 Å². The van der Waals surface area contributed by atoms with Gasteiger partial charge in [0.1, 0.15) is 0 Å². The molecule has 140 valence electrons. The molecule has 1 amide bonds. The second-order valence-electron chi connectivity index (χ2n) is 7.44. The van der Waals surface area contributed by atoms with Gasteiger partial charge in [0.15, 0.2) is 0 Å². The van der Waals surface area contributed by atoms with Crippen LogP contribution in [0.3, 0.4) is 0 Å². The Morgan fingerprint density at radius 1 is 1.00 bits per heavy atom. The number of carbonyl (C=O) groups excluding carboxylic acids is 1. The number of nitrogens with one attached hydrogen (secondary N) is 1. The summed E-state index contributed by atoms with van der Waals surface area (Å²) in [4.78, 5) is 23.7. The number of rotatable bonds is 6. The number of carboxylic acid groups (broad SMARTS) is 1. The van der Waals surface area contributed by atoms with Crippen LogP contribution in [0.15, 0.2) is 54.6 Å². The Morgan fingerprint density at radius 2 is 1.63 bits per heavy atom. The lowest BCUT2D eigenvalue weighted by Gasteiger charge is -2.29. The zero-order valence-corrected chi connectivity index (χ0v) is 15.9. The van der Waals surface area contributed by atoms with Gasteiger partial charge in [-0.2, -0.15) is 0 Å². The summed E-state index contributed by atoms with van der Waals surface area (Å²) >= 11 is 0. The van der Waals surface area contributed by atoms with Crippen molar-refractivity contribution in [3.05, 3.63) is 71.3 Å². The molecule has 1 atom stereocenters. The molecule has 0 radical (unpaired) electrons. The molecule has 0 aliphatic rings. The standard InChI is InChI=1S/C22H24N2O3/c1-24(2,3)16-20(15-21(25)26)23-22(27)19-11-7-10-18(14-19)13-12-17-8-5-4-6-9-17/h4-11,14,20H,15-16H2,1-3H3,(H-,23,25,26,27)/p+1/t20-/m1/s1. The summed E-state index contributed by atoms with van der Waals surface area (Å²) in [5, 5.41) is 11.9. The molecular formula is C22H25N2O3+. The average Bonchev–Trinajstić information content (AvgIpc) is 2.59. The fourth-order valence-corrected chi connectivity index (χ4v) is 2.71. The first-order valence-corrected chi connectivity index (χ1v) is 8.73. The molecule has 5 nitrogen and oxygen atoms in total. The first-order valence-electron chi connectivity index (χ1n) is 8.73. The molecule has 0 aromatic heterocycles. The molecule has 2 aromatic rings. The fraction of sp³-hybridized carbons (Fsp3) is 0.273. The number of benzene rings is 2. The molecule has 0 aliphatic heterocycles. The van der Waals surface area contributed by atoms with Crippen molar-refractivity contribution in [2.45, 2.75) is 12.5 Å². The van der Waals surface area contributed by atoms with Crippen LogP contribution < -0.4 is 5.32 Å². The number of hydrogen-bond acceptors (Lipinski definition) is 2. The van der Waals surface area contributed by atoms with Crippen LogP contribution in [0.4, 0.5) is 0 Å². The number of hydrogen-bond donors (Lipinski definition) is 2. The van der Waals surface area contributed by atoms with Gasteiger partial charge >= 0.3 is 5.97 Å². The van der Waals surface area contributed by atoms with Crippen molar-refractivity contribution in [1.82, 2.24) is 5.32 Å². The summed E-state index contributed by atoms with van der Waals surface area (Å²) in [6.45, 7) is 0.519. The third kappa shape index (κ3) is 7.35. The maximum atomic E-state index is 12.6. The lowest BCUT2D eigenvalue weighted by atomic mass is 10.1. The highest BCUT2D eigenvalue weighted by atomic mass is 16.4. The summed E-state index contributed by atoms with van der Waals surface area (Å²) in [7, 11) is 5.88. The van der Waals surface area contributed by atoms with E-state index in [0.29, 0.717) is 16.6 Å². The number of nitrogens with zero attached hydrogens (tertiary/aromatic N) is 1. The molecule has 0 bridgehead atoms. The van der Waals surface area contributed by atoms with E-state index in [1.807, 2.05) is 57.5 Å². The van der Waals surface area contributed by atoms with Gasteiger partial charge < -0.3 is 14.9 Å². The molecule has 0 unspecified atom stereocenters. The minimum atomic E-state index is -0.934. The van der Waals surface area contributed by atoms with E-state index in [-0.39, 0.29) is 12.3 Å². The maximum absolute atomic E-state index is 12.6. The largest absolute Gasteiger partial charge is 0.481 e. The van der Waals surface area contributed by atoms with Crippen molar-refractivity contribution in [2.24, 2.45) is 0 Å². The lowest BCUT2D eigenvalue weighted by Crippen LogP contribution is -2.49. The van der Waals surface area contributed by atoms with Crippen LogP contribution in [0.2, 0.25) is 0 Å². The van der Waals surface area contributed by atoms with E-state index < -0.39 is 12.0 Å². The first kappa shape index (κ1) is 20.2. The van der Waals surface area contributed by atoms with Gasteiger partial charge in [-0.05, 0) is 30.3 Å². The Balaban J connectivity index is 2.13. The number of carboxylic acids is 1. The molecule has 2 N–H and O–H groups in total. The van der Waals surface area contributed by atoms with Gasteiger partial charge in [-0.3, -0.25) is 9.59 Å². The van der Waals surface area contributed by atoms with Gasteiger partial charge in [-0.25, -0.2) is 0 Å². The van der Waals surface area contributed by atoms with Crippen molar-refractivity contribution in [3.8, 4) is 11.8 Å². The van der Waals surface area contributed by atoms with Crippen molar-refractivity contribution in [3.63, 3.8) is 0 Å². The highest BCUT2D eigenvalue weighted by Crippen LogP contribution is 2.07. The van der Waals surface area contributed by atoms with E-state index in [0.717, 1.165) is 11.1 Å². The van der Waals surface area contributed by atoms with E-state index >= 15 is 0 Å². The van der Waals surface area contributed by atoms with E-state index in [1.54, 1.807) is 18.2 Å². The van der Waals surface area contributed by atoms with Gasteiger partial charge in [0.2, 0.25) is 0 Å². The summed E-state index contributed by atoms with van der Waals surface area (Å²) in [5.74, 6) is 4.89. The van der Waals surface area contributed by atoms with E-state index in [1.165, 1.54) is 0 Å². The molecule has 0 saturated carbocycles. The van der Waals surface area contributed by atoms with E-state index in [4.69, 9.17) is 5.11 Å². The van der Waals surface area contributed by atoms with E-state index in [9.17, 15) is 9.59 Å². The zero-order valence-electron chi connectivity index (χ0n) is 15.9. The predicted octanol–water partition coefficient (Wildman–Crippen LogP) is 2.37. The van der Waals surface area contributed by atoms with Crippen LogP contribution in [-0.2, 0) is 4.79 Å². The van der Waals surface area contributed by atoms with Gasteiger partial charge in [0, 0.05) is 16.7 Å². The topological polar surface area (TPSA) is 66.4 Å². The fourth-order valence-electron chi connectivity index (χ4n) is 2.71. The first-order chi connectivity index (χ1) is 12.7. The average molecular weight is 365 g/mol. The van der Waals surface area contributed by atoms with Gasteiger partial charge in [-0.1, -0.05) is 36.1 Å². The molecular weight excluding hydrogens is 340 g/mol. The lowest BCUT2D eigenvalue weighted by molar-refractivity contribution is -0.871. The Morgan fingerprint density at radius 3 is 2.26 bits per heavy atom. The molecule has 5 heteroatoms. The monoisotopic (exact) mass is 365 g/mol. The minimum Gasteiger partial charge on any atom is -0.481 e. The summed E-state index contributed by atoms with van der Waals surface area (Å²) in [5.41, 5.74) is 2.09. The normalized spacial score (nSPS) is 11.8. The highest BCUT2D eigenvalue weighted by molar-refractivity contribution is 5.95. The quantitative estimate of drug-likeness (QED) is 0.610. The molecule has 0 saturated heterocycles. The van der Waals surface area contributed by atoms with Crippen LogP contribution in [0.1, 0.15) is 27.9 Å². The number of amides is 1.